The lowest BCUT2D eigenvalue weighted by Crippen LogP contribution is -2.50. The average Bonchev–Trinajstić information content (AvgIpc) is 4.24. The molecule has 3 heterocycles. The number of rotatable bonds is 4. The summed E-state index contributed by atoms with van der Waals surface area (Å²) in [6.45, 7) is 6.21. The van der Waals surface area contributed by atoms with Crippen LogP contribution < -0.4 is 20.7 Å². The number of benzene rings is 4. The predicted molar refractivity (Wildman–Crippen MR) is 316 cm³/mol. The number of ether oxygens (including phenoxy) is 1. The van der Waals surface area contributed by atoms with Gasteiger partial charge in [-0.15, -0.1) is 0 Å². The number of aryl methyl sites for hydroxylation is 1. The van der Waals surface area contributed by atoms with E-state index in [1.165, 1.54) is 43.9 Å². The van der Waals surface area contributed by atoms with E-state index in [4.69, 9.17) is 4.74 Å². The highest BCUT2D eigenvalue weighted by atomic mass is 16.5. The number of dihydropyridines is 1. The zero-order valence-electron chi connectivity index (χ0n) is 47.2. The number of hydrogen-bond acceptors (Lipinski definition) is 10. The number of carbonyl (C=O) groups excluding carboxylic acids is 2. The number of ketones is 2. The largest absolute Gasteiger partial charge is 0.504 e. The van der Waals surface area contributed by atoms with Gasteiger partial charge in [0, 0.05) is 60.9 Å². The van der Waals surface area contributed by atoms with Crippen LogP contribution in [0.5, 0.6) is 11.5 Å². The van der Waals surface area contributed by atoms with Gasteiger partial charge in [0.15, 0.2) is 29.2 Å². The van der Waals surface area contributed by atoms with Crippen molar-refractivity contribution in [2.45, 2.75) is 159 Å². The number of carbonyl (C=O) groups is 2. The number of allylic oxidation sites excluding steroid dienone is 2. The van der Waals surface area contributed by atoms with E-state index in [0.717, 1.165) is 95.2 Å². The summed E-state index contributed by atoms with van der Waals surface area (Å²) in [5.74, 6) is 5.63. The Bertz CT molecular complexity index is 3150. The molecule has 4 aliphatic carbocycles. The molecule has 0 unspecified atom stereocenters. The molecule has 2 aliphatic heterocycles. The first kappa shape index (κ1) is 55.7. The van der Waals surface area contributed by atoms with Crippen LogP contribution in [-0.4, -0.2) is 82.0 Å². The second kappa shape index (κ2) is 24.1. The summed E-state index contributed by atoms with van der Waals surface area (Å²) in [6.07, 6.45) is 17.0. The summed E-state index contributed by atoms with van der Waals surface area (Å²) in [7, 11) is 1.50. The Morgan fingerprint density at radius 3 is 2.39 bits per heavy atom. The summed E-state index contributed by atoms with van der Waals surface area (Å²) in [6, 6.07) is 28.6. The molecule has 0 amide bonds. The van der Waals surface area contributed by atoms with E-state index in [-0.39, 0.29) is 48.0 Å². The molecule has 6 aliphatic rings. The normalized spacial score (nSPS) is 29.2. The van der Waals surface area contributed by atoms with Gasteiger partial charge in [-0.05, 0) is 193 Å². The number of fused-ring (bicyclic) bond motifs is 10. The van der Waals surface area contributed by atoms with Crippen LogP contribution in [0.4, 0.5) is 5.69 Å². The Morgan fingerprint density at radius 1 is 0.800 bits per heavy atom. The number of H-pyrrole nitrogens is 1. The summed E-state index contributed by atoms with van der Waals surface area (Å²) < 4.78 is 5.57. The standard InChI is InChI=1S/C69H84N4O7/c1-4-10-57-52-32-46(31-49-16-19-56(48-11-6-5-7-12-48)58-39-61(76)62(80-3)37-50(58)17-20-60(75)66(78)65(77)59(49)36-52)29-45-21-28-71-64(34-45)73-54-18-15-47-14-13-44(30-51(47)35-54)33-55(74)42-70-40-43(2)53-38-63(72-41-53)69(67(57)79)26-24-68(25-27-69)22-8-9-23-68/h5-7,11-15,18,21,30,34-35,37-39,41,43,46,49,52,55-57,59,66-67,70-74,76,78-79H,4,8-10,17,20,22-29,31-33,36,40,42H2,1-3H3/t43-,46-,49+,52-,55-,56-,57+,59-,66+,67-/m1/s1. The molecule has 4 aromatic carbocycles. The van der Waals surface area contributed by atoms with Gasteiger partial charge < -0.3 is 46.1 Å². The highest BCUT2D eigenvalue weighted by Gasteiger charge is 2.53. The van der Waals surface area contributed by atoms with Crippen LogP contribution in [0.3, 0.4) is 0 Å². The Balaban J connectivity index is 1.04. The van der Waals surface area contributed by atoms with Crippen molar-refractivity contribution < 1.29 is 34.8 Å². The van der Waals surface area contributed by atoms with Crippen molar-refractivity contribution in [3.05, 3.63) is 148 Å². The van der Waals surface area contributed by atoms with Gasteiger partial charge in [-0.25, -0.2) is 0 Å². The molecule has 5 aromatic rings. The number of hydrogen-bond donors (Lipinski definition) is 8. The lowest BCUT2D eigenvalue weighted by molar-refractivity contribution is -0.142. The van der Waals surface area contributed by atoms with Gasteiger partial charge in [-0.2, -0.15) is 0 Å². The fraction of sp³-hybridized carbons (Fsp3) is 0.507. The second-order valence-electron chi connectivity index (χ2n) is 25.1. The molecule has 3 fully saturated rings. The van der Waals surface area contributed by atoms with Crippen LogP contribution in [-0.2, 0) is 27.8 Å². The Labute approximate surface area is 473 Å². The number of β-amino-alcohol motifs (C(OH)–C–C–N with tert-alkyl or cyclic N) is 1. The molecule has 8 N–H and O–H groups in total. The smallest absolute Gasteiger partial charge is 0.173 e. The number of phenols is 1. The zero-order chi connectivity index (χ0) is 55.5. The molecule has 80 heavy (non-hydrogen) atoms. The molecule has 3 saturated carbocycles. The minimum atomic E-state index is -1.83. The van der Waals surface area contributed by atoms with E-state index in [2.05, 4.69) is 107 Å². The van der Waals surface area contributed by atoms with Crippen LogP contribution in [0.15, 0.2) is 115 Å². The highest BCUT2D eigenvalue weighted by Crippen LogP contribution is 2.58. The van der Waals surface area contributed by atoms with Gasteiger partial charge in [0.05, 0.1) is 25.2 Å². The first-order valence-electron chi connectivity index (χ1n) is 30.2. The molecule has 1 aromatic heterocycles. The number of aliphatic hydroxyl groups is 3. The van der Waals surface area contributed by atoms with E-state index in [0.29, 0.717) is 50.7 Å². The number of aliphatic hydroxyl groups excluding tert-OH is 3. The van der Waals surface area contributed by atoms with Crippen molar-refractivity contribution in [3.63, 3.8) is 0 Å². The number of aromatic amines is 1. The number of aromatic nitrogens is 1. The Hall–Kier alpha value is -6.16. The number of phenolic OH excluding ortho intramolecular Hbond substituents is 1. The third-order valence-electron chi connectivity index (χ3n) is 20.0. The Morgan fingerprint density at radius 2 is 1.60 bits per heavy atom. The fourth-order valence-electron chi connectivity index (χ4n) is 15.5. The van der Waals surface area contributed by atoms with Gasteiger partial charge in [0.25, 0.3) is 0 Å². The summed E-state index contributed by atoms with van der Waals surface area (Å²) in [5.41, 5.74) is 7.65. The third kappa shape index (κ3) is 11.8. The van der Waals surface area contributed by atoms with Gasteiger partial charge in [0.1, 0.15) is 5.82 Å². The molecule has 11 heteroatoms. The molecule has 10 atom stereocenters. The van der Waals surface area contributed by atoms with E-state index in [1.54, 1.807) is 12.1 Å². The number of Topliss-reactive ketones (excluding diaryl/α,β-unsaturated/α-hetero) is 2. The molecule has 0 saturated heterocycles. The maximum atomic E-state index is 15.4. The second-order valence-corrected chi connectivity index (χ2v) is 25.1. The molecule has 0 radical (unpaired) electrons. The lowest BCUT2D eigenvalue weighted by Gasteiger charge is -2.50. The average molecular weight is 1080 g/mol. The lowest BCUT2D eigenvalue weighted by atomic mass is 9.56. The highest BCUT2D eigenvalue weighted by molar-refractivity contribution is 6.06. The maximum absolute atomic E-state index is 15.4. The minimum absolute atomic E-state index is 0.0256. The summed E-state index contributed by atoms with van der Waals surface area (Å²) in [4.78, 5) is 33.5. The first-order valence-corrected chi connectivity index (χ1v) is 30.2. The van der Waals surface area contributed by atoms with E-state index < -0.39 is 53.0 Å². The molecule has 11 nitrogen and oxygen atoms in total. The van der Waals surface area contributed by atoms with Gasteiger partial charge in [-0.3, -0.25) is 9.59 Å². The van der Waals surface area contributed by atoms with Crippen LogP contribution >= 0.6 is 0 Å². The van der Waals surface area contributed by atoms with Crippen molar-refractivity contribution >= 4 is 28.0 Å². The zero-order valence-corrected chi connectivity index (χ0v) is 47.2. The maximum Gasteiger partial charge on any atom is 0.173 e. The first-order chi connectivity index (χ1) is 38.8. The molecular weight excluding hydrogens is 997 g/mol. The number of anilines is 1. The SMILES string of the molecule is CCC[C@H]1[C@@H]2C[C@H](CC3=CCNC(=C3)Nc3ccc4ccc(cc4c3)C[C@@H](O)CNC[C@@H](C)c3c[nH]c(c3)C3(CCC4(CCCC4)CC3)[C@@H]1O)C[C@@H]1C#C[C@H](c3ccccc3)c3cc(O)c(OC)cc3CCC(=O)[C@H](O)C(=O)[C@@H]1C2. The van der Waals surface area contributed by atoms with Crippen LogP contribution in [0.1, 0.15) is 156 Å². The fourth-order valence-corrected chi connectivity index (χ4v) is 15.5. The molecule has 2 spiro atoms. The molecule has 422 valence electrons. The van der Waals surface area contributed by atoms with Crippen LogP contribution in [0, 0.1) is 46.8 Å². The van der Waals surface area contributed by atoms with Gasteiger partial charge in [-0.1, -0.05) is 106 Å². The number of aromatic hydroxyl groups is 1. The topological polar surface area (TPSA) is 176 Å². The van der Waals surface area contributed by atoms with E-state index in [1.807, 2.05) is 30.3 Å². The third-order valence-corrected chi connectivity index (χ3v) is 20.0. The van der Waals surface area contributed by atoms with E-state index in [9.17, 15) is 25.2 Å². The predicted octanol–water partition coefficient (Wildman–Crippen LogP) is 11.4. The van der Waals surface area contributed by atoms with Crippen molar-refractivity contribution in [1.82, 2.24) is 15.6 Å². The van der Waals surface area contributed by atoms with Crippen LogP contribution in [0.25, 0.3) is 10.8 Å². The number of methoxy groups -OCH3 is 1. The quantitative estimate of drug-likeness (QED) is 0.0639. The summed E-state index contributed by atoms with van der Waals surface area (Å²) in [5, 5.41) is 61.6. The van der Waals surface area contributed by atoms with E-state index >= 15 is 4.79 Å². The van der Waals surface area contributed by atoms with Gasteiger partial charge in [0.2, 0.25) is 0 Å². The van der Waals surface area contributed by atoms with Crippen molar-refractivity contribution in [3.8, 4) is 23.3 Å². The minimum Gasteiger partial charge on any atom is -0.504 e. The van der Waals surface area contributed by atoms with Gasteiger partial charge >= 0.3 is 0 Å². The summed E-state index contributed by atoms with van der Waals surface area (Å²) >= 11 is 0. The van der Waals surface area contributed by atoms with Crippen molar-refractivity contribution in [2.24, 2.45) is 35.0 Å². The monoisotopic (exact) mass is 1080 g/mol. The molecule has 9 bridgehead atoms. The Kier molecular flexibility index (Phi) is 16.8. The van der Waals surface area contributed by atoms with Crippen molar-refractivity contribution in [2.75, 3.05) is 32.1 Å². The van der Waals surface area contributed by atoms with Crippen LogP contribution in [0.2, 0.25) is 0 Å². The molecule has 11 rings (SSSR count). The molecular formula is C69H84N4O7. The number of nitrogens with one attached hydrogen (secondary N) is 4. The van der Waals surface area contributed by atoms with Crippen molar-refractivity contribution in [1.29, 1.82) is 0 Å².